The van der Waals surface area contributed by atoms with Crippen molar-refractivity contribution in [3.05, 3.63) is 10.6 Å². The van der Waals surface area contributed by atoms with E-state index in [0.29, 0.717) is 17.2 Å². The van der Waals surface area contributed by atoms with Gasteiger partial charge in [0.15, 0.2) is 10.6 Å². The number of aromatic nitrogens is 3. The molecule has 0 radical (unpaired) electrons. The number of amides is 1. The molecule has 0 unspecified atom stereocenters. The highest BCUT2D eigenvalue weighted by Crippen LogP contribution is 2.46. The Morgan fingerprint density at radius 3 is 2.57 bits per heavy atom. The van der Waals surface area contributed by atoms with Gasteiger partial charge in [-0.15, -0.1) is 0 Å². The lowest BCUT2D eigenvalue weighted by Gasteiger charge is -2.41. The van der Waals surface area contributed by atoms with E-state index in [1.807, 2.05) is 4.57 Å². The van der Waals surface area contributed by atoms with Crippen LogP contribution in [0.4, 0.5) is 0 Å². The highest BCUT2D eigenvalue weighted by atomic mass is 32.1. The van der Waals surface area contributed by atoms with Crippen molar-refractivity contribution in [3.63, 3.8) is 0 Å². The SMILES string of the molecule is CC(C)CC1(C(=O)NCc2n[nH]c(=S)n2C(C)C)CCC1. The lowest BCUT2D eigenvalue weighted by Crippen LogP contribution is -2.46. The van der Waals surface area contributed by atoms with E-state index >= 15 is 0 Å². The molecule has 5 nitrogen and oxygen atoms in total. The van der Waals surface area contributed by atoms with Crippen molar-refractivity contribution in [2.75, 3.05) is 0 Å². The normalized spacial score (nSPS) is 17.0. The molecule has 2 N–H and O–H groups in total. The Morgan fingerprint density at radius 1 is 1.43 bits per heavy atom. The van der Waals surface area contributed by atoms with Crippen LogP contribution < -0.4 is 5.32 Å². The molecule has 6 heteroatoms. The molecule has 1 aromatic heterocycles. The van der Waals surface area contributed by atoms with Crippen LogP contribution in [-0.2, 0) is 11.3 Å². The number of nitrogens with one attached hydrogen (secondary N) is 2. The third kappa shape index (κ3) is 3.36. The largest absolute Gasteiger partial charge is 0.348 e. The van der Waals surface area contributed by atoms with Crippen LogP contribution in [0.5, 0.6) is 0 Å². The van der Waals surface area contributed by atoms with Crippen molar-refractivity contribution in [2.24, 2.45) is 11.3 Å². The summed E-state index contributed by atoms with van der Waals surface area (Å²) in [4.78, 5) is 12.6. The van der Waals surface area contributed by atoms with Crippen LogP contribution in [0.15, 0.2) is 0 Å². The minimum atomic E-state index is -0.149. The Labute approximate surface area is 131 Å². The molecule has 1 saturated carbocycles. The molecule has 1 heterocycles. The third-order valence-electron chi connectivity index (χ3n) is 4.29. The summed E-state index contributed by atoms with van der Waals surface area (Å²) in [6.07, 6.45) is 4.14. The summed E-state index contributed by atoms with van der Waals surface area (Å²) < 4.78 is 2.56. The summed E-state index contributed by atoms with van der Waals surface area (Å²) in [6.45, 7) is 8.91. The van der Waals surface area contributed by atoms with Crippen LogP contribution in [0, 0.1) is 16.1 Å². The number of aromatic amines is 1. The second kappa shape index (κ2) is 6.30. The predicted octanol–water partition coefficient (Wildman–Crippen LogP) is 3.35. The number of carbonyl (C=O) groups is 1. The van der Waals surface area contributed by atoms with Crippen LogP contribution >= 0.6 is 12.2 Å². The van der Waals surface area contributed by atoms with E-state index in [0.717, 1.165) is 31.5 Å². The first kappa shape index (κ1) is 16.2. The zero-order valence-electron chi connectivity index (χ0n) is 13.4. The molecule has 21 heavy (non-hydrogen) atoms. The molecular weight excluding hydrogens is 284 g/mol. The summed E-state index contributed by atoms with van der Waals surface area (Å²) >= 11 is 5.23. The topological polar surface area (TPSA) is 62.7 Å². The van der Waals surface area contributed by atoms with Crippen molar-refractivity contribution in [1.82, 2.24) is 20.1 Å². The first-order valence-electron chi connectivity index (χ1n) is 7.80. The van der Waals surface area contributed by atoms with Gasteiger partial charge in [-0.05, 0) is 51.2 Å². The molecule has 0 saturated heterocycles. The first-order valence-corrected chi connectivity index (χ1v) is 8.20. The maximum Gasteiger partial charge on any atom is 0.226 e. The van der Waals surface area contributed by atoms with Gasteiger partial charge in [0, 0.05) is 11.5 Å². The highest BCUT2D eigenvalue weighted by Gasteiger charge is 2.44. The molecule has 0 aromatic carbocycles. The molecular formula is C15H26N4OS. The minimum Gasteiger partial charge on any atom is -0.348 e. The summed E-state index contributed by atoms with van der Waals surface area (Å²) in [7, 11) is 0. The lowest BCUT2D eigenvalue weighted by atomic mass is 9.64. The van der Waals surface area contributed by atoms with E-state index in [1.165, 1.54) is 0 Å². The summed E-state index contributed by atoms with van der Waals surface area (Å²) in [6, 6.07) is 0.233. The van der Waals surface area contributed by atoms with Crippen molar-refractivity contribution in [3.8, 4) is 0 Å². The maximum absolute atomic E-state index is 12.6. The summed E-state index contributed by atoms with van der Waals surface area (Å²) in [5, 5.41) is 10.1. The molecule has 2 rings (SSSR count). The van der Waals surface area contributed by atoms with Gasteiger partial charge < -0.3 is 9.88 Å². The monoisotopic (exact) mass is 310 g/mol. The van der Waals surface area contributed by atoms with Crippen LogP contribution in [0.25, 0.3) is 0 Å². The van der Waals surface area contributed by atoms with Gasteiger partial charge in [0.2, 0.25) is 5.91 Å². The van der Waals surface area contributed by atoms with Gasteiger partial charge >= 0.3 is 0 Å². The van der Waals surface area contributed by atoms with Gasteiger partial charge in [-0.1, -0.05) is 20.3 Å². The number of hydrogen-bond donors (Lipinski definition) is 2. The lowest BCUT2D eigenvalue weighted by molar-refractivity contribution is -0.137. The van der Waals surface area contributed by atoms with Crippen molar-refractivity contribution in [2.45, 2.75) is 66.0 Å². The van der Waals surface area contributed by atoms with E-state index in [1.54, 1.807) is 0 Å². The van der Waals surface area contributed by atoms with Crippen LogP contribution in [0.2, 0.25) is 0 Å². The number of carbonyl (C=O) groups excluding carboxylic acids is 1. The Hall–Kier alpha value is -1.17. The van der Waals surface area contributed by atoms with E-state index in [-0.39, 0.29) is 17.4 Å². The fourth-order valence-electron chi connectivity index (χ4n) is 3.25. The first-order chi connectivity index (χ1) is 9.85. The van der Waals surface area contributed by atoms with Crippen LogP contribution in [0.3, 0.4) is 0 Å². The number of nitrogens with zero attached hydrogens (tertiary/aromatic N) is 2. The van der Waals surface area contributed by atoms with Gasteiger partial charge in [0.25, 0.3) is 0 Å². The van der Waals surface area contributed by atoms with Gasteiger partial charge in [0.1, 0.15) is 0 Å². The van der Waals surface area contributed by atoms with Crippen molar-refractivity contribution < 1.29 is 4.79 Å². The Balaban J connectivity index is 2.03. The molecule has 0 aliphatic heterocycles. The van der Waals surface area contributed by atoms with Gasteiger partial charge in [-0.25, -0.2) is 0 Å². The van der Waals surface area contributed by atoms with Crippen molar-refractivity contribution in [1.29, 1.82) is 0 Å². The average Bonchev–Trinajstić information content (AvgIpc) is 2.72. The van der Waals surface area contributed by atoms with Gasteiger partial charge in [-0.3, -0.25) is 9.89 Å². The van der Waals surface area contributed by atoms with Crippen molar-refractivity contribution >= 4 is 18.1 Å². The third-order valence-corrected chi connectivity index (χ3v) is 4.58. The number of rotatable bonds is 6. The number of H-pyrrole nitrogens is 1. The second-order valence-corrected chi connectivity index (χ2v) is 7.21. The molecule has 1 aliphatic carbocycles. The van der Waals surface area contributed by atoms with E-state index < -0.39 is 0 Å². The predicted molar refractivity (Wildman–Crippen MR) is 85.4 cm³/mol. The summed E-state index contributed by atoms with van der Waals surface area (Å²) in [5.74, 6) is 1.51. The van der Waals surface area contributed by atoms with Gasteiger partial charge in [0.05, 0.1) is 6.54 Å². The second-order valence-electron chi connectivity index (χ2n) is 6.82. The molecule has 0 spiro atoms. The fraction of sp³-hybridized carbons (Fsp3) is 0.800. The van der Waals surface area contributed by atoms with Crippen LogP contribution in [0.1, 0.15) is 65.2 Å². The summed E-state index contributed by atoms with van der Waals surface area (Å²) in [5.41, 5.74) is -0.149. The molecule has 0 bridgehead atoms. The Bertz CT molecular complexity index is 554. The number of hydrogen-bond acceptors (Lipinski definition) is 3. The average molecular weight is 310 g/mol. The van der Waals surface area contributed by atoms with Crippen LogP contribution in [-0.4, -0.2) is 20.7 Å². The van der Waals surface area contributed by atoms with Gasteiger partial charge in [-0.2, -0.15) is 5.10 Å². The minimum absolute atomic E-state index is 0.149. The smallest absolute Gasteiger partial charge is 0.226 e. The quantitative estimate of drug-likeness (QED) is 0.792. The molecule has 118 valence electrons. The molecule has 1 fully saturated rings. The van der Waals surface area contributed by atoms with E-state index in [4.69, 9.17) is 12.2 Å². The molecule has 1 aliphatic rings. The highest BCUT2D eigenvalue weighted by molar-refractivity contribution is 7.71. The molecule has 1 amide bonds. The van der Waals surface area contributed by atoms with E-state index in [9.17, 15) is 4.79 Å². The zero-order valence-corrected chi connectivity index (χ0v) is 14.2. The Kier molecular flexibility index (Phi) is 4.86. The Morgan fingerprint density at radius 2 is 2.10 bits per heavy atom. The van der Waals surface area contributed by atoms with E-state index in [2.05, 4.69) is 43.2 Å². The maximum atomic E-state index is 12.6. The molecule has 0 atom stereocenters. The fourth-order valence-corrected chi connectivity index (χ4v) is 3.61. The zero-order chi connectivity index (χ0) is 15.6. The standard InChI is InChI=1S/C15H26N4OS/c1-10(2)8-15(6-5-7-15)13(20)16-9-12-17-18-14(21)19(12)11(3)4/h10-11H,5-9H2,1-4H3,(H,16,20)(H,18,21). The molecule has 1 aromatic rings.